The van der Waals surface area contributed by atoms with E-state index < -0.39 is 0 Å². The molecule has 0 aliphatic carbocycles. The Kier molecular flexibility index (Phi) is 4.26. The van der Waals surface area contributed by atoms with Crippen LogP contribution in [0.1, 0.15) is 31.2 Å². The Bertz CT molecular complexity index is 460. The van der Waals surface area contributed by atoms with Crippen LogP contribution in [0.3, 0.4) is 0 Å². The van der Waals surface area contributed by atoms with Crippen molar-refractivity contribution >= 4 is 11.6 Å². The molecule has 0 amide bonds. The molecule has 2 rings (SSSR count). The molecule has 0 spiro atoms. The second kappa shape index (κ2) is 5.73. The van der Waals surface area contributed by atoms with Gasteiger partial charge in [-0.05, 0) is 25.8 Å². The third-order valence-corrected chi connectivity index (χ3v) is 4.00. The van der Waals surface area contributed by atoms with Crippen LogP contribution in [0.4, 0.5) is 0 Å². The van der Waals surface area contributed by atoms with Crippen molar-refractivity contribution in [2.45, 2.75) is 32.7 Å². The summed E-state index contributed by atoms with van der Waals surface area (Å²) in [7, 11) is 1.94. The van der Waals surface area contributed by atoms with Crippen LogP contribution in [-0.4, -0.2) is 27.8 Å². The maximum absolute atomic E-state index is 9.01. The molecule has 98 valence electrons. The molecule has 2 heterocycles. The van der Waals surface area contributed by atoms with Gasteiger partial charge in [0.25, 0.3) is 0 Å². The summed E-state index contributed by atoms with van der Waals surface area (Å²) in [4.78, 5) is 2.31. The molecule has 1 aromatic heterocycles. The van der Waals surface area contributed by atoms with Crippen molar-refractivity contribution in [2.24, 2.45) is 13.0 Å². The van der Waals surface area contributed by atoms with Gasteiger partial charge in [-0.3, -0.25) is 9.58 Å². The Morgan fingerprint density at radius 2 is 2.33 bits per heavy atom. The van der Waals surface area contributed by atoms with Crippen molar-refractivity contribution < 1.29 is 0 Å². The Balaban J connectivity index is 2.10. The number of hydrogen-bond donors (Lipinski definition) is 0. The molecule has 0 N–H and O–H groups in total. The van der Waals surface area contributed by atoms with Gasteiger partial charge in [0.15, 0.2) is 0 Å². The third-order valence-electron chi connectivity index (χ3n) is 3.56. The fourth-order valence-corrected chi connectivity index (χ4v) is 2.86. The predicted molar refractivity (Wildman–Crippen MR) is 71.2 cm³/mol. The minimum atomic E-state index is 0.163. The van der Waals surface area contributed by atoms with Crippen molar-refractivity contribution in [1.29, 1.82) is 5.26 Å². The minimum Gasteiger partial charge on any atom is -0.296 e. The van der Waals surface area contributed by atoms with Gasteiger partial charge in [0.05, 0.1) is 28.4 Å². The number of aryl methyl sites for hydroxylation is 2. The molecule has 0 radical (unpaired) electrons. The summed E-state index contributed by atoms with van der Waals surface area (Å²) >= 11 is 6.34. The summed E-state index contributed by atoms with van der Waals surface area (Å²) in [5, 5.41) is 14.2. The zero-order valence-corrected chi connectivity index (χ0v) is 11.7. The first-order valence-electron chi connectivity index (χ1n) is 6.48. The molecule has 1 saturated heterocycles. The highest BCUT2D eigenvalue weighted by atomic mass is 35.5. The van der Waals surface area contributed by atoms with Crippen LogP contribution >= 0.6 is 11.6 Å². The molecule has 4 nitrogen and oxygen atoms in total. The van der Waals surface area contributed by atoms with Crippen molar-refractivity contribution in [3.8, 4) is 6.07 Å². The molecule has 0 saturated carbocycles. The Hall–Kier alpha value is -1.05. The number of rotatable bonds is 3. The maximum atomic E-state index is 9.01. The number of nitrogens with zero attached hydrogens (tertiary/aromatic N) is 4. The van der Waals surface area contributed by atoms with Gasteiger partial charge in [0.1, 0.15) is 0 Å². The number of halogens is 1. The number of aromatic nitrogens is 2. The van der Waals surface area contributed by atoms with Crippen LogP contribution in [0.25, 0.3) is 0 Å². The van der Waals surface area contributed by atoms with E-state index in [1.54, 1.807) is 0 Å². The molecule has 1 atom stereocenters. The minimum absolute atomic E-state index is 0.163. The average molecular weight is 267 g/mol. The van der Waals surface area contributed by atoms with Crippen LogP contribution in [0, 0.1) is 17.2 Å². The van der Waals surface area contributed by atoms with E-state index >= 15 is 0 Å². The van der Waals surface area contributed by atoms with Crippen LogP contribution in [-0.2, 0) is 20.0 Å². The maximum Gasteiger partial charge on any atom is 0.0863 e. The first kappa shape index (κ1) is 13.4. The molecule has 1 aliphatic rings. The van der Waals surface area contributed by atoms with Gasteiger partial charge < -0.3 is 0 Å². The number of nitriles is 1. The first-order chi connectivity index (χ1) is 8.65. The summed E-state index contributed by atoms with van der Waals surface area (Å²) in [6.45, 7) is 4.74. The summed E-state index contributed by atoms with van der Waals surface area (Å²) < 4.78 is 1.87. The quantitative estimate of drug-likeness (QED) is 0.844. The van der Waals surface area contributed by atoms with E-state index in [0.717, 1.165) is 55.3 Å². The zero-order valence-electron chi connectivity index (χ0n) is 11.0. The van der Waals surface area contributed by atoms with Gasteiger partial charge in [-0.1, -0.05) is 18.5 Å². The predicted octanol–water partition coefficient (Wildman–Crippen LogP) is 2.37. The van der Waals surface area contributed by atoms with Gasteiger partial charge >= 0.3 is 0 Å². The van der Waals surface area contributed by atoms with Crippen molar-refractivity contribution in [1.82, 2.24) is 14.7 Å². The smallest absolute Gasteiger partial charge is 0.0863 e. The largest absolute Gasteiger partial charge is 0.296 e. The van der Waals surface area contributed by atoms with E-state index in [-0.39, 0.29) is 5.92 Å². The third kappa shape index (κ3) is 2.68. The van der Waals surface area contributed by atoms with Crippen molar-refractivity contribution in [3.05, 3.63) is 16.4 Å². The van der Waals surface area contributed by atoms with Crippen molar-refractivity contribution in [3.63, 3.8) is 0 Å². The highest BCUT2D eigenvalue weighted by molar-refractivity contribution is 6.31. The summed E-state index contributed by atoms with van der Waals surface area (Å²) in [5.41, 5.74) is 2.02. The van der Waals surface area contributed by atoms with Gasteiger partial charge in [0.2, 0.25) is 0 Å². The lowest BCUT2D eigenvalue weighted by Gasteiger charge is -2.29. The van der Waals surface area contributed by atoms with E-state index in [1.165, 1.54) is 0 Å². The summed E-state index contributed by atoms with van der Waals surface area (Å²) in [6, 6.07) is 2.37. The van der Waals surface area contributed by atoms with Crippen LogP contribution in [0.2, 0.25) is 5.02 Å². The van der Waals surface area contributed by atoms with E-state index in [4.69, 9.17) is 16.9 Å². The number of piperidine rings is 1. The number of likely N-dealkylation sites (tertiary alicyclic amines) is 1. The highest BCUT2D eigenvalue weighted by Crippen LogP contribution is 2.24. The Morgan fingerprint density at radius 1 is 1.56 bits per heavy atom. The highest BCUT2D eigenvalue weighted by Gasteiger charge is 2.22. The SMILES string of the molecule is CCc1nn(C)c(CN2CCCC(C#N)C2)c1Cl. The molecular formula is C13H19ClN4. The van der Waals surface area contributed by atoms with E-state index in [1.807, 2.05) is 11.7 Å². The molecule has 5 heteroatoms. The average Bonchev–Trinajstić information content (AvgIpc) is 2.66. The topological polar surface area (TPSA) is 44.9 Å². The monoisotopic (exact) mass is 266 g/mol. The fourth-order valence-electron chi connectivity index (χ4n) is 2.51. The van der Waals surface area contributed by atoms with Gasteiger partial charge in [0, 0.05) is 20.1 Å². The Morgan fingerprint density at radius 3 is 2.94 bits per heavy atom. The normalized spacial score (nSPS) is 20.9. The second-order valence-corrected chi connectivity index (χ2v) is 5.27. The standard InChI is InChI=1S/C13H19ClN4/c1-3-11-13(14)12(17(2)16-11)9-18-6-4-5-10(7-15)8-18/h10H,3-6,8-9H2,1-2H3. The molecule has 1 unspecified atom stereocenters. The molecule has 1 fully saturated rings. The van der Waals surface area contributed by atoms with Crippen LogP contribution in [0.15, 0.2) is 0 Å². The number of hydrogen-bond acceptors (Lipinski definition) is 3. The van der Waals surface area contributed by atoms with Crippen LogP contribution in [0.5, 0.6) is 0 Å². The molecule has 1 aromatic rings. The Labute approximate surface area is 113 Å². The van der Waals surface area contributed by atoms with Gasteiger partial charge in [-0.15, -0.1) is 0 Å². The second-order valence-electron chi connectivity index (χ2n) is 4.89. The molecule has 0 bridgehead atoms. The fraction of sp³-hybridized carbons (Fsp3) is 0.692. The van der Waals surface area contributed by atoms with Crippen LogP contribution < -0.4 is 0 Å². The van der Waals surface area contributed by atoms with Gasteiger partial charge in [-0.25, -0.2) is 0 Å². The van der Waals surface area contributed by atoms with Gasteiger partial charge in [-0.2, -0.15) is 10.4 Å². The van der Waals surface area contributed by atoms with E-state index in [9.17, 15) is 0 Å². The summed E-state index contributed by atoms with van der Waals surface area (Å²) in [6.07, 6.45) is 2.97. The zero-order chi connectivity index (χ0) is 13.1. The molecular weight excluding hydrogens is 248 g/mol. The lowest BCUT2D eigenvalue weighted by atomic mass is 9.99. The molecule has 1 aliphatic heterocycles. The first-order valence-corrected chi connectivity index (χ1v) is 6.85. The van der Waals surface area contributed by atoms with E-state index in [0.29, 0.717) is 0 Å². The molecule has 0 aromatic carbocycles. The lowest BCUT2D eigenvalue weighted by Crippen LogP contribution is -2.34. The van der Waals surface area contributed by atoms with Crippen molar-refractivity contribution in [2.75, 3.05) is 13.1 Å². The lowest BCUT2D eigenvalue weighted by molar-refractivity contribution is 0.188. The van der Waals surface area contributed by atoms with E-state index in [2.05, 4.69) is 23.0 Å². The molecule has 18 heavy (non-hydrogen) atoms. The summed E-state index contributed by atoms with van der Waals surface area (Å²) in [5.74, 6) is 0.163.